The third kappa shape index (κ3) is 4.90. The van der Waals surface area contributed by atoms with Gasteiger partial charge in [0.05, 0.1) is 41.7 Å². The number of aliphatic hydroxyl groups excluding tert-OH is 1. The number of imide groups is 2. The van der Waals surface area contributed by atoms with Gasteiger partial charge in [-0.05, 0) is 49.1 Å². The molecular formula is C36H30N2O12. The number of carbonyl (C=O) groups excluding carboxylic acids is 4. The number of para-hydroxylation sites is 1. The van der Waals surface area contributed by atoms with Crippen molar-refractivity contribution in [2.24, 2.45) is 29.6 Å². The van der Waals surface area contributed by atoms with Crippen LogP contribution in [0.5, 0.6) is 17.2 Å². The molecule has 1 saturated carbocycles. The number of aromatic carboxylic acids is 2. The monoisotopic (exact) mass is 682 g/mol. The van der Waals surface area contributed by atoms with E-state index in [-0.39, 0.29) is 37.4 Å². The van der Waals surface area contributed by atoms with E-state index in [1.54, 1.807) is 24.3 Å². The standard InChI is InChI=1S/C36H30N2O12/c39-11-12-50-27-4-2-1-3-21(27)28-18-9-10-22-29(33(44)37(31(22)42)16-5-7-19(35(46)47)25(40)13-16)23(18)15-24-30(28)34(45)38(32(24)43)17-6-8-20(36(48)49)26(41)14-17/h1-9,13-14,22-24,28-30,39-41H,10-12,15H2,(H,46,47)(H,48,49). The van der Waals surface area contributed by atoms with Crippen LogP contribution in [0.15, 0.2) is 72.3 Å². The van der Waals surface area contributed by atoms with Gasteiger partial charge < -0.3 is 30.3 Å². The summed E-state index contributed by atoms with van der Waals surface area (Å²) in [6, 6.07) is 13.6. The first-order valence-electron chi connectivity index (χ1n) is 15.8. The van der Waals surface area contributed by atoms with Crippen LogP contribution in [0.2, 0.25) is 0 Å². The van der Waals surface area contributed by atoms with Crippen LogP contribution in [0.25, 0.3) is 0 Å². The van der Waals surface area contributed by atoms with Gasteiger partial charge in [0.15, 0.2) is 0 Å². The quantitative estimate of drug-likeness (QED) is 0.171. The molecule has 0 aromatic heterocycles. The Morgan fingerprint density at radius 2 is 1.28 bits per heavy atom. The predicted molar refractivity (Wildman–Crippen MR) is 172 cm³/mol. The van der Waals surface area contributed by atoms with Crippen molar-refractivity contribution >= 4 is 46.9 Å². The Labute approximate surface area is 283 Å². The highest BCUT2D eigenvalue weighted by Gasteiger charge is 2.62. The molecule has 0 radical (unpaired) electrons. The number of carboxylic acids is 2. The van der Waals surface area contributed by atoms with Gasteiger partial charge in [-0.15, -0.1) is 0 Å². The molecule has 6 atom stereocenters. The second kappa shape index (κ2) is 12.1. The Kier molecular flexibility index (Phi) is 7.90. The highest BCUT2D eigenvalue weighted by molar-refractivity contribution is 6.24. The number of ether oxygens (including phenoxy) is 1. The van der Waals surface area contributed by atoms with E-state index in [0.717, 1.165) is 34.1 Å². The SMILES string of the molecule is O=C(O)c1ccc(N2C(=O)C3CC=C4C(CC5C(=O)N(c6ccc(C(=O)O)c(O)c6)C(=O)C5C4c4ccccc4OCCO)C3C2=O)cc1O. The van der Waals surface area contributed by atoms with E-state index in [0.29, 0.717) is 16.9 Å². The number of fused-ring (bicyclic) bond motifs is 4. The van der Waals surface area contributed by atoms with Crippen LogP contribution in [0, 0.1) is 29.6 Å². The minimum atomic E-state index is -1.40. The van der Waals surface area contributed by atoms with Gasteiger partial charge in [-0.2, -0.15) is 0 Å². The molecule has 50 heavy (non-hydrogen) atoms. The van der Waals surface area contributed by atoms with Gasteiger partial charge in [-0.1, -0.05) is 29.8 Å². The number of aromatic hydroxyl groups is 2. The molecule has 2 aliphatic carbocycles. The Morgan fingerprint density at radius 1 is 0.720 bits per heavy atom. The fourth-order valence-corrected chi connectivity index (χ4v) is 8.15. The lowest BCUT2D eigenvalue weighted by molar-refractivity contribution is -0.126. The van der Waals surface area contributed by atoms with Gasteiger partial charge >= 0.3 is 11.9 Å². The molecule has 256 valence electrons. The highest BCUT2D eigenvalue weighted by Crippen LogP contribution is 2.59. The zero-order chi connectivity index (χ0) is 35.6. The fraction of sp³-hybridized carbons (Fsp3) is 0.278. The van der Waals surface area contributed by atoms with Crippen molar-refractivity contribution in [3.05, 3.63) is 89.0 Å². The van der Waals surface area contributed by atoms with Crippen molar-refractivity contribution in [1.82, 2.24) is 0 Å². The summed E-state index contributed by atoms with van der Waals surface area (Å²) >= 11 is 0. The first-order valence-corrected chi connectivity index (χ1v) is 15.8. The summed E-state index contributed by atoms with van der Waals surface area (Å²) < 4.78 is 5.86. The third-order valence-electron chi connectivity index (χ3n) is 10.2. The molecule has 3 fully saturated rings. The number of aliphatic hydroxyl groups is 1. The van der Waals surface area contributed by atoms with E-state index in [2.05, 4.69) is 0 Å². The van der Waals surface area contributed by atoms with Gasteiger partial charge in [0, 0.05) is 23.6 Å². The number of carboxylic acid groups (broad SMARTS) is 2. The lowest BCUT2D eigenvalue weighted by Crippen LogP contribution is -2.43. The number of allylic oxidation sites excluding steroid dienone is 2. The summed E-state index contributed by atoms with van der Waals surface area (Å²) in [6.45, 7) is -0.356. The minimum Gasteiger partial charge on any atom is -0.507 e. The number of amides is 4. The van der Waals surface area contributed by atoms with E-state index >= 15 is 0 Å². The maximum Gasteiger partial charge on any atom is 0.339 e. The number of rotatable bonds is 8. The largest absolute Gasteiger partial charge is 0.507 e. The van der Waals surface area contributed by atoms with Gasteiger partial charge in [0.25, 0.3) is 0 Å². The Hall–Kier alpha value is -6.02. The van der Waals surface area contributed by atoms with Crippen LogP contribution in [0.1, 0.15) is 45.0 Å². The van der Waals surface area contributed by atoms with Crippen molar-refractivity contribution < 1.29 is 59.0 Å². The number of anilines is 2. The molecule has 6 unspecified atom stereocenters. The average Bonchev–Trinajstić information content (AvgIpc) is 3.49. The van der Waals surface area contributed by atoms with Crippen LogP contribution < -0.4 is 14.5 Å². The number of phenols is 2. The Balaban J connectivity index is 1.33. The smallest absolute Gasteiger partial charge is 0.339 e. The lowest BCUT2D eigenvalue weighted by atomic mass is 9.57. The summed E-state index contributed by atoms with van der Waals surface area (Å²) in [5.41, 5.74) is 0.331. The molecule has 7 rings (SSSR count). The maximum atomic E-state index is 14.4. The summed E-state index contributed by atoms with van der Waals surface area (Å²) in [5, 5.41) is 49.0. The molecule has 14 nitrogen and oxygen atoms in total. The van der Waals surface area contributed by atoms with Crippen molar-refractivity contribution in [3.63, 3.8) is 0 Å². The first-order chi connectivity index (χ1) is 23.9. The van der Waals surface area contributed by atoms with Crippen LogP contribution in [-0.4, -0.2) is 74.3 Å². The lowest BCUT2D eigenvalue weighted by Gasteiger charge is -2.44. The number of hydrogen-bond acceptors (Lipinski definition) is 10. The molecule has 0 bridgehead atoms. The van der Waals surface area contributed by atoms with E-state index < -0.39 is 93.7 Å². The van der Waals surface area contributed by atoms with Crippen LogP contribution in [0.3, 0.4) is 0 Å². The summed E-state index contributed by atoms with van der Waals surface area (Å²) in [6.07, 6.45) is 1.97. The van der Waals surface area contributed by atoms with Gasteiger partial charge in [0.2, 0.25) is 23.6 Å². The van der Waals surface area contributed by atoms with Crippen molar-refractivity contribution in [2.45, 2.75) is 18.8 Å². The van der Waals surface area contributed by atoms with E-state index in [1.165, 1.54) is 12.1 Å². The van der Waals surface area contributed by atoms with Crippen molar-refractivity contribution in [3.8, 4) is 17.2 Å². The summed E-state index contributed by atoms with van der Waals surface area (Å²) in [5.74, 6) is -11.3. The molecule has 4 amide bonds. The molecule has 3 aromatic carbocycles. The summed E-state index contributed by atoms with van der Waals surface area (Å²) in [4.78, 5) is 81.4. The predicted octanol–water partition coefficient (Wildman–Crippen LogP) is 2.91. The normalized spacial score (nSPS) is 25.6. The number of hydrogen-bond donors (Lipinski definition) is 5. The van der Waals surface area contributed by atoms with Gasteiger partial charge in [0.1, 0.15) is 35.0 Å². The Morgan fingerprint density at radius 3 is 1.84 bits per heavy atom. The van der Waals surface area contributed by atoms with Gasteiger partial charge in [-0.25, -0.2) is 19.4 Å². The zero-order valence-electron chi connectivity index (χ0n) is 26.1. The maximum absolute atomic E-state index is 14.4. The zero-order valence-corrected chi connectivity index (χ0v) is 26.1. The molecule has 3 aromatic rings. The molecule has 0 spiro atoms. The average molecular weight is 683 g/mol. The topological polar surface area (TPSA) is 219 Å². The second-order valence-corrected chi connectivity index (χ2v) is 12.7. The van der Waals surface area contributed by atoms with E-state index in [1.807, 2.05) is 6.08 Å². The van der Waals surface area contributed by atoms with Crippen LogP contribution >= 0.6 is 0 Å². The van der Waals surface area contributed by atoms with Gasteiger partial charge in [-0.3, -0.25) is 19.2 Å². The third-order valence-corrected chi connectivity index (χ3v) is 10.2. The molecule has 14 heteroatoms. The second-order valence-electron chi connectivity index (χ2n) is 12.7. The molecule has 2 aliphatic heterocycles. The molecule has 5 N–H and O–H groups in total. The number of nitrogens with zero attached hydrogens (tertiary/aromatic N) is 2. The molecule has 2 heterocycles. The summed E-state index contributed by atoms with van der Waals surface area (Å²) in [7, 11) is 0. The highest BCUT2D eigenvalue weighted by atomic mass is 16.5. The van der Waals surface area contributed by atoms with E-state index in [9.17, 15) is 54.3 Å². The number of carbonyl (C=O) groups is 6. The Bertz CT molecular complexity index is 2040. The molecular weight excluding hydrogens is 652 g/mol. The molecule has 2 saturated heterocycles. The van der Waals surface area contributed by atoms with Crippen LogP contribution in [0.4, 0.5) is 11.4 Å². The van der Waals surface area contributed by atoms with Crippen molar-refractivity contribution in [1.29, 1.82) is 0 Å². The van der Waals surface area contributed by atoms with E-state index in [4.69, 9.17) is 4.74 Å². The fourth-order valence-electron chi connectivity index (χ4n) is 8.15. The minimum absolute atomic E-state index is 0.00523. The van der Waals surface area contributed by atoms with Crippen LogP contribution in [-0.2, 0) is 19.2 Å². The molecule has 4 aliphatic rings. The number of benzene rings is 3. The van der Waals surface area contributed by atoms with Crippen molar-refractivity contribution in [2.75, 3.05) is 23.0 Å². The first kappa shape index (κ1) is 32.5.